The molecule has 0 bridgehead atoms. The Bertz CT molecular complexity index is 1370. The van der Waals surface area contributed by atoms with Gasteiger partial charge >= 0.3 is 0 Å². The van der Waals surface area contributed by atoms with E-state index in [1.54, 1.807) is 6.20 Å². The average Bonchev–Trinajstić information content (AvgIpc) is 3.14. The first kappa shape index (κ1) is 22.8. The molecule has 0 saturated heterocycles. The lowest BCUT2D eigenvalue weighted by molar-refractivity contribution is 0.301. The van der Waals surface area contributed by atoms with E-state index in [2.05, 4.69) is 38.4 Å². The summed E-state index contributed by atoms with van der Waals surface area (Å²) in [6.07, 6.45) is 3.64. The maximum atomic E-state index is 6.63. The van der Waals surface area contributed by atoms with Crippen LogP contribution in [0.5, 0.6) is 5.75 Å². The number of aromatic nitrogens is 2. The molecule has 0 spiro atoms. The number of fused-ring (bicyclic) bond motifs is 1. The van der Waals surface area contributed by atoms with Crippen LogP contribution in [0.15, 0.2) is 82.9 Å². The lowest BCUT2D eigenvalue weighted by Crippen LogP contribution is -1.99. The molecule has 0 fully saturated rings. The van der Waals surface area contributed by atoms with Gasteiger partial charge < -0.3 is 9.30 Å². The summed E-state index contributed by atoms with van der Waals surface area (Å²) < 4.78 is 8.02. The van der Waals surface area contributed by atoms with Gasteiger partial charge in [-0.15, -0.1) is 0 Å². The number of aliphatic imine (C=N–C) groups is 2. The molecule has 0 saturated carbocycles. The second-order valence-corrected chi connectivity index (χ2v) is 8.01. The van der Waals surface area contributed by atoms with E-state index in [-0.39, 0.29) is 5.29 Å². The van der Waals surface area contributed by atoms with Crippen molar-refractivity contribution in [1.29, 1.82) is 0 Å². The van der Waals surface area contributed by atoms with E-state index in [1.165, 1.54) is 0 Å². The molecule has 2 aromatic heterocycles. The van der Waals surface area contributed by atoms with Crippen LogP contribution in [-0.2, 0) is 13.7 Å². The summed E-state index contributed by atoms with van der Waals surface area (Å²) in [6, 6.07) is 19.6. The van der Waals surface area contributed by atoms with Crippen molar-refractivity contribution in [2.45, 2.75) is 13.5 Å². The van der Waals surface area contributed by atoms with E-state index in [0.717, 1.165) is 33.4 Å². The molecule has 166 valence electrons. The second-order valence-electron chi connectivity index (χ2n) is 7.27. The summed E-state index contributed by atoms with van der Waals surface area (Å²) in [5.41, 5.74) is 5.42. The second kappa shape index (κ2) is 10.0. The number of hydrogen-bond donors (Lipinski definition) is 0. The first-order valence-corrected chi connectivity index (χ1v) is 11.1. The van der Waals surface area contributed by atoms with Gasteiger partial charge in [-0.2, -0.15) is 0 Å². The van der Waals surface area contributed by atoms with Crippen molar-refractivity contribution in [2.24, 2.45) is 17.0 Å². The lowest BCUT2D eigenvalue weighted by atomic mass is 10.0. The highest BCUT2D eigenvalue weighted by molar-refractivity contribution is 6.65. The number of aryl methyl sites for hydroxylation is 1. The highest BCUT2D eigenvalue weighted by Gasteiger charge is 2.20. The predicted octanol–water partition coefficient (Wildman–Crippen LogP) is 7.13. The zero-order valence-corrected chi connectivity index (χ0v) is 19.8. The number of rotatable bonds is 6. The molecule has 0 atom stereocenters. The Balaban J connectivity index is 1.80. The summed E-state index contributed by atoms with van der Waals surface area (Å²) in [7, 11) is 2.02. The quantitative estimate of drug-likeness (QED) is 0.169. The first-order valence-electron chi connectivity index (χ1n) is 10.3. The Hall–Kier alpha value is -3.41. The van der Waals surface area contributed by atoms with Crippen molar-refractivity contribution in [3.8, 4) is 17.0 Å². The fourth-order valence-electron chi connectivity index (χ4n) is 3.79. The molecule has 0 aliphatic rings. The Kier molecular flexibility index (Phi) is 6.92. The molecular weight excluding hydrogens is 455 g/mol. The molecule has 0 unspecified atom stereocenters. The topological polar surface area (TPSA) is 51.8 Å². The van der Waals surface area contributed by atoms with Crippen LogP contribution < -0.4 is 4.74 Å². The molecular formula is C26H22Cl2N4O. The van der Waals surface area contributed by atoms with Crippen LogP contribution in [0.4, 0.5) is 0 Å². The van der Waals surface area contributed by atoms with Gasteiger partial charge in [0.05, 0.1) is 22.1 Å². The molecule has 7 heteroatoms. The van der Waals surface area contributed by atoms with Crippen molar-refractivity contribution < 1.29 is 4.74 Å². The summed E-state index contributed by atoms with van der Waals surface area (Å²) in [5, 5.41) is 1.64. The van der Waals surface area contributed by atoms with E-state index in [0.29, 0.717) is 23.1 Å². The van der Waals surface area contributed by atoms with Gasteiger partial charge in [-0.1, -0.05) is 41.9 Å². The van der Waals surface area contributed by atoms with Crippen LogP contribution in [0.2, 0.25) is 5.02 Å². The van der Waals surface area contributed by atoms with E-state index < -0.39 is 0 Å². The zero-order valence-electron chi connectivity index (χ0n) is 18.3. The Morgan fingerprint density at radius 2 is 1.94 bits per heavy atom. The van der Waals surface area contributed by atoms with Crippen molar-refractivity contribution in [1.82, 2.24) is 9.55 Å². The monoisotopic (exact) mass is 476 g/mol. The van der Waals surface area contributed by atoms with Crippen LogP contribution in [0, 0.1) is 0 Å². The maximum Gasteiger partial charge on any atom is 0.222 e. The van der Waals surface area contributed by atoms with Crippen molar-refractivity contribution in [2.75, 3.05) is 0 Å². The van der Waals surface area contributed by atoms with E-state index >= 15 is 0 Å². The normalized spacial score (nSPS) is 12.2. The number of allylic oxidation sites excluding steroid dienone is 1. The van der Waals surface area contributed by atoms with Gasteiger partial charge in [0.25, 0.3) is 0 Å². The minimum Gasteiger partial charge on any atom is -0.486 e. The van der Waals surface area contributed by atoms with Gasteiger partial charge in [0, 0.05) is 35.3 Å². The van der Waals surface area contributed by atoms with Gasteiger partial charge in [0.1, 0.15) is 12.4 Å². The largest absolute Gasteiger partial charge is 0.486 e. The number of halogens is 2. The van der Waals surface area contributed by atoms with E-state index in [1.807, 2.05) is 68.6 Å². The van der Waals surface area contributed by atoms with Gasteiger partial charge in [-0.05, 0) is 61.6 Å². The van der Waals surface area contributed by atoms with Crippen LogP contribution in [0.1, 0.15) is 18.2 Å². The van der Waals surface area contributed by atoms with Crippen LogP contribution in [-0.4, -0.2) is 21.6 Å². The molecule has 0 amide bonds. The third-order valence-corrected chi connectivity index (χ3v) is 5.79. The molecule has 0 aliphatic carbocycles. The van der Waals surface area contributed by atoms with Gasteiger partial charge in [-0.3, -0.25) is 4.98 Å². The minimum absolute atomic E-state index is 0.0817. The fourth-order valence-corrected chi connectivity index (χ4v) is 4.12. The Morgan fingerprint density at radius 3 is 2.64 bits per heavy atom. The number of ether oxygens (including phenoxy) is 1. The van der Waals surface area contributed by atoms with Gasteiger partial charge in [0.15, 0.2) is 0 Å². The van der Waals surface area contributed by atoms with Gasteiger partial charge in [-0.25, -0.2) is 9.98 Å². The summed E-state index contributed by atoms with van der Waals surface area (Å²) in [6.45, 7) is 5.72. The highest BCUT2D eigenvalue weighted by atomic mass is 35.5. The van der Waals surface area contributed by atoms with E-state index in [9.17, 15) is 0 Å². The SMILES string of the molecule is C=N/C(Cl)=N\C(=C/C)c1c(-c2ccc(OCc3ccccn3)c(Cl)c2)n(C)c2ccccc12. The third kappa shape index (κ3) is 4.70. The standard InChI is InChI=1S/C26H22Cl2N4O/c1-4-21(31-26(28)29-2)24-19-10-5-6-11-22(19)32(3)25(24)17-12-13-23(20(27)15-17)33-16-18-9-7-8-14-30-18/h4-15H,2,16H2,1,3H3/b21-4-,31-26-. The molecule has 0 radical (unpaired) electrons. The fraction of sp³-hybridized carbons (Fsp3) is 0.115. The summed E-state index contributed by atoms with van der Waals surface area (Å²) in [5.74, 6) is 0.592. The molecule has 5 nitrogen and oxygen atoms in total. The predicted molar refractivity (Wildman–Crippen MR) is 138 cm³/mol. The van der Waals surface area contributed by atoms with E-state index in [4.69, 9.17) is 27.9 Å². The van der Waals surface area contributed by atoms with Crippen molar-refractivity contribution >= 4 is 51.8 Å². The zero-order chi connectivity index (χ0) is 23.4. The molecule has 4 aromatic rings. The molecule has 4 rings (SSSR count). The van der Waals surface area contributed by atoms with Crippen LogP contribution in [0.25, 0.3) is 27.9 Å². The molecule has 2 aromatic carbocycles. The third-order valence-electron chi connectivity index (χ3n) is 5.29. The van der Waals surface area contributed by atoms with Crippen LogP contribution >= 0.6 is 23.2 Å². The first-order chi connectivity index (χ1) is 16.0. The number of hydrogen-bond acceptors (Lipinski definition) is 3. The maximum absolute atomic E-state index is 6.63. The van der Waals surface area contributed by atoms with Crippen molar-refractivity contribution in [3.63, 3.8) is 0 Å². The number of pyridine rings is 1. The number of para-hydroxylation sites is 1. The van der Waals surface area contributed by atoms with Crippen molar-refractivity contribution in [3.05, 3.63) is 89.2 Å². The molecule has 0 aliphatic heterocycles. The smallest absolute Gasteiger partial charge is 0.222 e. The number of nitrogens with zero attached hydrogens (tertiary/aromatic N) is 4. The average molecular weight is 477 g/mol. The molecule has 0 N–H and O–H groups in total. The summed E-state index contributed by atoms with van der Waals surface area (Å²) >= 11 is 12.7. The Labute approximate surface area is 202 Å². The molecule has 33 heavy (non-hydrogen) atoms. The van der Waals surface area contributed by atoms with Gasteiger partial charge in [0.2, 0.25) is 5.29 Å². The number of amidine groups is 1. The summed E-state index contributed by atoms with van der Waals surface area (Å²) in [4.78, 5) is 12.5. The highest BCUT2D eigenvalue weighted by Crippen LogP contribution is 2.40. The van der Waals surface area contributed by atoms with Crippen LogP contribution in [0.3, 0.4) is 0 Å². The molecule has 2 heterocycles. The lowest BCUT2D eigenvalue weighted by Gasteiger charge is -2.12. The Morgan fingerprint density at radius 1 is 1.15 bits per heavy atom. The minimum atomic E-state index is 0.0817. The number of benzene rings is 2.